The van der Waals surface area contributed by atoms with E-state index in [4.69, 9.17) is 14.2 Å². The van der Waals surface area contributed by atoms with E-state index >= 15 is 0 Å². The Hall–Kier alpha value is -2.27. The minimum atomic E-state index is -0.218. The van der Waals surface area contributed by atoms with Crippen molar-refractivity contribution in [1.82, 2.24) is 4.98 Å². The molecule has 5 heteroatoms. The zero-order chi connectivity index (χ0) is 18.1. The molecule has 1 saturated heterocycles. The van der Waals surface area contributed by atoms with Crippen LogP contribution in [-0.4, -0.2) is 38.9 Å². The maximum absolute atomic E-state index is 6.38. The molecule has 26 heavy (non-hydrogen) atoms. The molecule has 0 unspecified atom stereocenters. The number of aryl methyl sites for hydroxylation is 1. The number of nitrogens with zero attached hydrogens (tertiary/aromatic N) is 2. The Kier molecular flexibility index (Phi) is 4.49. The molecule has 0 atom stereocenters. The van der Waals surface area contributed by atoms with Gasteiger partial charge < -0.3 is 19.1 Å². The lowest BCUT2D eigenvalue weighted by atomic mass is 9.79. The fourth-order valence-electron chi connectivity index (χ4n) is 4.33. The molecule has 0 aliphatic carbocycles. The van der Waals surface area contributed by atoms with Gasteiger partial charge in [-0.1, -0.05) is 0 Å². The molecule has 2 aliphatic heterocycles. The summed E-state index contributed by atoms with van der Waals surface area (Å²) in [4.78, 5) is 6.66. The minimum Gasteiger partial charge on any atom is -0.493 e. The van der Waals surface area contributed by atoms with Crippen LogP contribution in [0, 0.1) is 6.92 Å². The fourth-order valence-corrected chi connectivity index (χ4v) is 4.33. The van der Waals surface area contributed by atoms with E-state index in [1.54, 1.807) is 14.2 Å². The van der Waals surface area contributed by atoms with Crippen LogP contribution in [0.4, 0.5) is 5.69 Å². The first-order valence-corrected chi connectivity index (χ1v) is 9.22. The maximum atomic E-state index is 6.38. The van der Waals surface area contributed by atoms with Gasteiger partial charge in [-0.05, 0) is 61.1 Å². The van der Waals surface area contributed by atoms with Crippen LogP contribution in [0.5, 0.6) is 11.5 Å². The first-order valence-electron chi connectivity index (χ1n) is 9.22. The van der Waals surface area contributed by atoms with E-state index < -0.39 is 0 Å². The number of anilines is 1. The molecule has 0 saturated carbocycles. The number of rotatable bonds is 3. The maximum Gasteiger partial charge on any atom is 0.161 e. The summed E-state index contributed by atoms with van der Waals surface area (Å²) in [5, 5.41) is 0. The van der Waals surface area contributed by atoms with Crippen molar-refractivity contribution in [2.75, 3.05) is 38.8 Å². The summed E-state index contributed by atoms with van der Waals surface area (Å²) in [5.74, 6) is 1.58. The highest BCUT2D eigenvalue weighted by Gasteiger charge is 2.41. The summed E-state index contributed by atoms with van der Waals surface area (Å²) < 4.78 is 17.4. The van der Waals surface area contributed by atoms with E-state index in [9.17, 15) is 0 Å². The average molecular weight is 354 g/mol. The van der Waals surface area contributed by atoms with Gasteiger partial charge in [0.05, 0.1) is 26.4 Å². The number of fused-ring (bicyclic) bond motifs is 2. The molecular weight excluding hydrogens is 328 g/mol. The van der Waals surface area contributed by atoms with Crippen molar-refractivity contribution in [3.63, 3.8) is 0 Å². The van der Waals surface area contributed by atoms with Crippen LogP contribution in [-0.2, 0) is 16.8 Å². The molecule has 0 radical (unpaired) electrons. The SMILES string of the molecule is COc1cc2c(cc1OC)C1(CCN(c3ccncc3C)CC1)OCC2. The van der Waals surface area contributed by atoms with Gasteiger partial charge in [-0.15, -0.1) is 0 Å². The summed E-state index contributed by atoms with van der Waals surface area (Å²) in [6.45, 7) is 4.82. The Morgan fingerprint density at radius 2 is 1.85 bits per heavy atom. The molecule has 4 rings (SSSR count). The fraction of sp³-hybridized carbons (Fsp3) is 0.476. The van der Waals surface area contributed by atoms with Crippen molar-refractivity contribution >= 4 is 5.69 Å². The third kappa shape index (κ3) is 2.80. The monoisotopic (exact) mass is 354 g/mol. The van der Waals surface area contributed by atoms with Crippen LogP contribution < -0.4 is 14.4 Å². The number of aromatic nitrogens is 1. The largest absolute Gasteiger partial charge is 0.493 e. The lowest BCUT2D eigenvalue weighted by Crippen LogP contribution is -2.46. The van der Waals surface area contributed by atoms with Crippen molar-refractivity contribution in [2.24, 2.45) is 0 Å². The highest BCUT2D eigenvalue weighted by molar-refractivity contribution is 5.54. The van der Waals surface area contributed by atoms with Crippen molar-refractivity contribution < 1.29 is 14.2 Å². The number of piperidine rings is 1. The van der Waals surface area contributed by atoms with Gasteiger partial charge in [-0.25, -0.2) is 0 Å². The quantitative estimate of drug-likeness (QED) is 0.844. The summed E-state index contributed by atoms with van der Waals surface area (Å²) in [7, 11) is 3.38. The van der Waals surface area contributed by atoms with E-state index in [-0.39, 0.29) is 5.60 Å². The van der Waals surface area contributed by atoms with Crippen molar-refractivity contribution in [2.45, 2.75) is 31.8 Å². The van der Waals surface area contributed by atoms with Gasteiger partial charge in [0.15, 0.2) is 11.5 Å². The third-order valence-corrected chi connectivity index (χ3v) is 5.75. The summed E-state index contributed by atoms with van der Waals surface area (Å²) in [5.41, 5.74) is 4.87. The number of hydrogen-bond donors (Lipinski definition) is 0. The smallest absolute Gasteiger partial charge is 0.161 e. The molecule has 1 aromatic heterocycles. The lowest BCUT2D eigenvalue weighted by molar-refractivity contribution is -0.0768. The van der Waals surface area contributed by atoms with Crippen LogP contribution in [0.1, 0.15) is 29.5 Å². The number of hydrogen-bond acceptors (Lipinski definition) is 5. The molecule has 138 valence electrons. The van der Waals surface area contributed by atoms with Gasteiger partial charge in [0, 0.05) is 31.2 Å². The van der Waals surface area contributed by atoms with Crippen LogP contribution in [0.15, 0.2) is 30.6 Å². The first kappa shape index (κ1) is 17.2. The molecule has 0 amide bonds. The van der Waals surface area contributed by atoms with Crippen molar-refractivity contribution in [3.05, 3.63) is 47.3 Å². The van der Waals surface area contributed by atoms with E-state index in [0.29, 0.717) is 0 Å². The molecular formula is C21H26N2O3. The first-order chi connectivity index (χ1) is 12.7. The van der Waals surface area contributed by atoms with E-state index in [0.717, 1.165) is 50.5 Å². The van der Waals surface area contributed by atoms with Crippen LogP contribution in [0.3, 0.4) is 0 Å². The Labute approximate surface area is 154 Å². The number of benzene rings is 1. The molecule has 0 N–H and O–H groups in total. The topological polar surface area (TPSA) is 43.8 Å². The molecule has 2 aliphatic rings. The Balaban J connectivity index is 1.63. The number of ether oxygens (including phenoxy) is 3. The van der Waals surface area contributed by atoms with Crippen LogP contribution in [0.25, 0.3) is 0 Å². The Morgan fingerprint density at radius 3 is 2.54 bits per heavy atom. The van der Waals surface area contributed by atoms with Gasteiger partial charge in [0.2, 0.25) is 0 Å². The predicted octanol–water partition coefficient (Wildman–Crippen LogP) is 3.48. The van der Waals surface area contributed by atoms with Gasteiger partial charge in [-0.2, -0.15) is 0 Å². The molecule has 0 bridgehead atoms. The van der Waals surface area contributed by atoms with E-state index in [2.05, 4.69) is 35.0 Å². The molecule has 5 nitrogen and oxygen atoms in total. The minimum absolute atomic E-state index is 0.218. The Bertz CT molecular complexity index is 798. The molecule has 3 heterocycles. The van der Waals surface area contributed by atoms with Crippen molar-refractivity contribution in [1.29, 1.82) is 0 Å². The molecule has 1 aromatic carbocycles. The molecule has 1 spiro atoms. The second-order valence-corrected chi connectivity index (χ2v) is 7.11. The van der Waals surface area contributed by atoms with Crippen LogP contribution in [0.2, 0.25) is 0 Å². The van der Waals surface area contributed by atoms with Crippen molar-refractivity contribution in [3.8, 4) is 11.5 Å². The van der Waals surface area contributed by atoms with E-state index in [1.165, 1.54) is 22.4 Å². The Morgan fingerprint density at radius 1 is 1.12 bits per heavy atom. The normalized spacial score (nSPS) is 18.5. The van der Waals surface area contributed by atoms with Gasteiger partial charge in [0.25, 0.3) is 0 Å². The van der Waals surface area contributed by atoms with Gasteiger partial charge in [-0.3, -0.25) is 4.98 Å². The lowest BCUT2D eigenvalue weighted by Gasteiger charge is -2.46. The number of pyridine rings is 1. The number of methoxy groups -OCH3 is 2. The zero-order valence-corrected chi connectivity index (χ0v) is 15.7. The highest BCUT2D eigenvalue weighted by atomic mass is 16.5. The van der Waals surface area contributed by atoms with Gasteiger partial charge >= 0.3 is 0 Å². The van der Waals surface area contributed by atoms with Gasteiger partial charge in [0.1, 0.15) is 0 Å². The predicted molar refractivity (Wildman–Crippen MR) is 101 cm³/mol. The second kappa shape index (κ2) is 6.80. The van der Waals surface area contributed by atoms with Crippen LogP contribution >= 0.6 is 0 Å². The van der Waals surface area contributed by atoms with E-state index in [1.807, 2.05) is 12.4 Å². The second-order valence-electron chi connectivity index (χ2n) is 7.11. The standard InChI is InChI=1S/C21H26N2O3/c1-15-14-22-8-4-18(15)23-9-6-21(7-10-23)17-13-20(25-3)19(24-2)12-16(17)5-11-26-21/h4,8,12-14H,5-7,9-11H2,1-3H3. The average Bonchev–Trinajstić information content (AvgIpc) is 2.68. The molecule has 1 fully saturated rings. The third-order valence-electron chi connectivity index (χ3n) is 5.75. The molecule has 2 aromatic rings. The summed E-state index contributed by atoms with van der Waals surface area (Å²) >= 11 is 0. The summed E-state index contributed by atoms with van der Waals surface area (Å²) in [6.07, 6.45) is 6.67. The zero-order valence-electron chi connectivity index (χ0n) is 15.7. The highest BCUT2D eigenvalue weighted by Crippen LogP contribution is 2.45. The summed E-state index contributed by atoms with van der Waals surface area (Å²) in [6, 6.07) is 6.36.